The Morgan fingerprint density at radius 2 is 1.57 bits per heavy atom. The van der Waals surface area contributed by atoms with Gasteiger partial charge in [-0.1, -0.05) is 26.8 Å². The van der Waals surface area contributed by atoms with Crippen LogP contribution in [0.15, 0.2) is 42.5 Å². The van der Waals surface area contributed by atoms with E-state index in [9.17, 15) is 0 Å². The van der Waals surface area contributed by atoms with E-state index in [1.807, 2.05) is 20.8 Å². The standard InChI is InChI=1S/C9H7.C4H10N.C3H7O.CH3.2ClH.Si.Ti/c1-2-5-9-7-3-6-8(9)4-1;1-4(2,3)5;1-2-3-4;;;;;/h1-7H;5H,1-3H3;4H,1-3H2;1H3;2*1H;;/q4*-1;;;;. The molecule has 6 heteroatoms. The third-order valence-electron chi connectivity index (χ3n) is 1.71. The van der Waals surface area contributed by atoms with Crippen molar-refractivity contribution in [1.29, 1.82) is 0 Å². The summed E-state index contributed by atoms with van der Waals surface area (Å²) in [5.74, 6) is 0. The molecular weight excluding hydrogens is 381 g/mol. The number of benzene rings is 1. The minimum absolute atomic E-state index is 0. The number of fused-ring (bicyclic) bond motifs is 1. The summed E-state index contributed by atoms with van der Waals surface area (Å²) in [4.78, 5) is 0. The van der Waals surface area contributed by atoms with E-state index in [-0.39, 0.29) is 44.4 Å². The van der Waals surface area contributed by atoms with Crippen LogP contribution in [0.2, 0.25) is 0 Å². The maximum Gasteiger partial charge on any atom is -0.0809 e. The molecule has 0 fully saturated rings. The molecule has 0 spiro atoms. The molecule has 0 bridgehead atoms. The maximum atomic E-state index is 7.81. The van der Waals surface area contributed by atoms with Gasteiger partial charge < -0.3 is 25.2 Å². The summed E-state index contributed by atoms with van der Waals surface area (Å²) in [6.07, 6.45) is 0.625. The summed E-state index contributed by atoms with van der Waals surface area (Å²) >= 11 is 1.81. The molecule has 23 heavy (non-hydrogen) atoms. The van der Waals surface area contributed by atoms with Gasteiger partial charge in [-0.05, 0) is 0 Å². The first-order valence-electron chi connectivity index (χ1n) is 6.39. The fourth-order valence-corrected chi connectivity index (χ4v) is 1.07. The van der Waals surface area contributed by atoms with Crippen LogP contribution in [0.1, 0.15) is 27.2 Å². The van der Waals surface area contributed by atoms with Gasteiger partial charge in [-0.3, -0.25) is 0 Å². The van der Waals surface area contributed by atoms with Gasteiger partial charge in [-0.25, -0.2) is 0 Å². The van der Waals surface area contributed by atoms with E-state index in [2.05, 4.69) is 57.0 Å². The second-order valence-corrected chi connectivity index (χ2v) is 4.98. The van der Waals surface area contributed by atoms with Crippen LogP contribution in [0.25, 0.3) is 16.5 Å². The van der Waals surface area contributed by atoms with Gasteiger partial charge in [0.25, 0.3) is 0 Å². The number of nitrogens with one attached hydrogen (secondary N) is 1. The van der Waals surface area contributed by atoms with Crippen LogP contribution in [0, 0.1) is 14.4 Å². The first-order chi connectivity index (χ1) is 9.38. The Morgan fingerprint density at radius 3 is 1.91 bits per heavy atom. The largest absolute Gasteiger partial charge is 0.168 e. The molecule has 2 radical (unpaired) electrons. The molecule has 0 atom stereocenters. The summed E-state index contributed by atoms with van der Waals surface area (Å²) in [6.45, 7) is 9.12. The fraction of sp³-hybridized carbons (Fsp3) is 0.353. The van der Waals surface area contributed by atoms with Crippen molar-refractivity contribution in [3.8, 4) is 0 Å². The van der Waals surface area contributed by atoms with Crippen LogP contribution in [0.3, 0.4) is 0 Å². The Bertz CT molecular complexity index is 409. The predicted octanol–water partition coefficient (Wildman–Crippen LogP) is 5.51. The number of aliphatic hydroxyl groups is 1. The van der Waals surface area contributed by atoms with Gasteiger partial charge in [-0.15, -0.1) is 60.0 Å². The second-order valence-electron chi connectivity index (χ2n) is 4.98. The van der Waals surface area contributed by atoms with Crippen molar-refractivity contribution >= 4 is 43.2 Å². The smallest absolute Gasteiger partial charge is 0.0809 e. The molecule has 0 unspecified atom stereocenters. The Hall–Kier alpha value is 0.261. The minimum atomic E-state index is -0.250. The molecular formula is C17H29Cl2NOSiTi-4. The summed E-state index contributed by atoms with van der Waals surface area (Å²) in [6, 6.07) is 14.7. The Morgan fingerprint density at radius 1 is 1.17 bits per heavy atom. The van der Waals surface area contributed by atoms with Crippen molar-refractivity contribution in [1.82, 2.24) is 0 Å². The van der Waals surface area contributed by atoms with Gasteiger partial charge in [-0.2, -0.15) is 23.9 Å². The van der Waals surface area contributed by atoms with Gasteiger partial charge in [0.15, 0.2) is 0 Å². The molecule has 2 aromatic rings. The fourth-order valence-electron chi connectivity index (χ4n) is 1.07. The predicted molar refractivity (Wildman–Crippen MR) is 107 cm³/mol. The van der Waals surface area contributed by atoms with Crippen molar-refractivity contribution in [3.05, 3.63) is 62.5 Å². The van der Waals surface area contributed by atoms with Gasteiger partial charge >= 0.3 is 26.8 Å². The zero-order valence-corrected chi connectivity index (χ0v) is 18.6. The van der Waals surface area contributed by atoms with Gasteiger partial charge in [0, 0.05) is 6.61 Å². The monoisotopic (exact) mass is 409 g/mol. The van der Waals surface area contributed by atoms with Crippen LogP contribution in [0.5, 0.6) is 0 Å². The molecule has 0 heterocycles. The molecule has 2 aromatic carbocycles. The first-order valence-corrected chi connectivity index (χ1v) is 9.23. The summed E-state index contributed by atoms with van der Waals surface area (Å²) in [7, 11) is 2.97. The van der Waals surface area contributed by atoms with Crippen molar-refractivity contribution in [2.24, 2.45) is 0 Å². The third kappa shape index (κ3) is 27.4. The Kier molecular flexibility index (Phi) is 33.5. The third-order valence-corrected chi connectivity index (χ3v) is 1.71. The number of hydrogen-bond donors (Lipinski definition) is 1. The van der Waals surface area contributed by atoms with Crippen molar-refractivity contribution in [3.63, 3.8) is 0 Å². The van der Waals surface area contributed by atoms with E-state index >= 15 is 0 Å². The van der Waals surface area contributed by atoms with E-state index in [4.69, 9.17) is 10.8 Å². The maximum absolute atomic E-state index is 7.81. The summed E-state index contributed by atoms with van der Waals surface area (Å²) in [5, 5.41) is 10.5. The molecule has 134 valence electrons. The Balaban J connectivity index is -0.0000000685. The topological polar surface area (TPSA) is 44.0 Å². The number of hydrogen-bond acceptors (Lipinski definition) is 1. The van der Waals surface area contributed by atoms with E-state index < -0.39 is 0 Å². The average Bonchev–Trinajstić information content (AvgIpc) is 2.88. The summed E-state index contributed by atoms with van der Waals surface area (Å²) < 4.78 is 0. The molecule has 2 rings (SSSR count). The van der Waals surface area contributed by atoms with Crippen molar-refractivity contribution < 1.29 is 24.3 Å². The van der Waals surface area contributed by atoms with Gasteiger partial charge in [0.2, 0.25) is 0 Å². The molecule has 0 aliphatic rings. The van der Waals surface area contributed by atoms with Crippen LogP contribution < -0.4 is 0 Å². The van der Waals surface area contributed by atoms with Crippen LogP contribution in [-0.4, -0.2) is 24.9 Å². The molecule has 0 aliphatic carbocycles. The van der Waals surface area contributed by atoms with Crippen LogP contribution >= 0.6 is 24.8 Å². The van der Waals surface area contributed by atoms with Crippen LogP contribution in [-0.2, 0) is 19.2 Å². The molecule has 0 saturated carbocycles. The van der Waals surface area contributed by atoms with Crippen molar-refractivity contribution in [2.75, 3.05) is 6.61 Å². The minimum Gasteiger partial charge on any atom is -0.168 e. The first kappa shape index (κ1) is 34.6. The van der Waals surface area contributed by atoms with Gasteiger partial charge in [0.1, 0.15) is 0 Å². The van der Waals surface area contributed by atoms with Crippen LogP contribution in [0.4, 0.5) is 0 Å². The molecule has 0 saturated heterocycles. The number of halogens is 2. The normalized spacial score (nSPS) is 8.04. The van der Waals surface area contributed by atoms with Crippen molar-refractivity contribution in [2.45, 2.75) is 32.7 Å². The Labute approximate surface area is 168 Å². The molecule has 0 aromatic heterocycles. The molecule has 2 N–H and O–H groups in total. The number of aliphatic hydroxyl groups excluding tert-OH is 1. The summed E-state index contributed by atoms with van der Waals surface area (Å²) in [5.41, 5.74) is 6.69. The van der Waals surface area contributed by atoms with Gasteiger partial charge in [0.05, 0.1) is 0 Å². The second kappa shape index (κ2) is 22.3. The molecule has 0 amide bonds. The number of rotatable bonds is 1. The zero-order chi connectivity index (χ0) is 16.0. The quantitative estimate of drug-likeness (QED) is 0.489. The van der Waals surface area contributed by atoms with E-state index in [1.165, 1.54) is 10.8 Å². The van der Waals surface area contributed by atoms with E-state index in [0.29, 0.717) is 6.42 Å². The molecule has 0 aliphatic heterocycles. The van der Waals surface area contributed by atoms with E-state index in [1.54, 1.807) is 19.2 Å². The molecule has 2 nitrogen and oxygen atoms in total. The van der Waals surface area contributed by atoms with E-state index in [0.717, 1.165) is 0 Å². The SMILES string of the molecule is CC(C)(C)[NH-].Cl.Cl.[CH2-]CCO.[CH3-].[Si]=[Ti].c1ccc2[cH-]ccc2c1. The average molecular weight is 410 g/mol. The zero-order valence-electron chi connectivity index (χ0n) is 14.4.